The molecule has 0 unspecified atom stereocenters. The summed E-state index contributed by atoms with van der Waals surface area (Å²) in [5.41, 5.74) is 5.14. The predicted octanol–water partition coefficient (Wildman–Crippen LogP) is 6.59. The number of halogens is 3. The number of pyridine rings is 1. The molecule has 0 radical (unpaired) electrons. The van der Waals surface area contributed by atoms with Crippen molar-refractivity contribution in [3.63, 3.8) is 0 Å². The maximum Gasteiger partial charge on any atom is 0.176 e. The van der Waals surface area contributed by atoms with E-state index in [0.29, 0.717) is 30.1 Å². The van der Waals surface area contributed by atoms with E-state index in [9.17, 15) is 8.78 Å². The minimum atomic E-state index is -1.36. The summed E-state index contributed by atoms with van der Waals surface area (Å²) in [7, 11) is -2.61. The summed E-state index contributed by atoms with van der Waals surface area (Å²) < 4.78 is 60.6. The minimum absolute atomic E-state index is 0.0434. The Morgan fingerprint density at radius 3 is 2.17 bits per heavy atom. The van der Waals surface area contributed by atoms with Crippen molar-refractivity contribution in [3.8, 4) is 22.6 Å². The van der Waals surface area contributed by atoms with Crippen molar-refractivity contribution in [1.29, 1.82) is 0 Å². The van der Waals surface area contributed by atoms with E-state index in [0.717, 1.165) is 18.3 Å². The fourth-order valence-corrected chi connectivity index (χ4v) is 5.63. The summed E-state index contributed by atoms with van der Waals surface area (Å²) in [5, 5.41) is 5.08. The molecule has 0 aliphatic rings. The molecule has 4 rings (SSSR count). The van der Waals surface area contributed by atoms with Crippen molar-refractivity contribution >= 4 is 32.9 Å². The number of imidazole rings is 1. The number of rotatable bonds is 12. The zero-order valence-electron chi connectivity index (χ0n) is 23.9. The molecule has 2 N–H and O–H groups in total. The van der Waals surface area contributed by atoms with E-state index in [-0.39, 0.29) is 24.5 Å². The highest BCUT2D eigenvalue weighted by Gasteiger charge is 2.25. The van der Waals surface area contributed by atoms with Gasteiger partial charge in [-0.25, -0.2) is 27.8 Å². The first-order valence-electron chi connectivity index (χ1n) is 13.2. The third-order valence-corrected chi connectivity index (χ3v) is 9.89. The van der Waals surface area contributed by atoms with Gasteiger partial charge in [-0.05, 0) is 18.2 Å². The quantitative estimate of drug-likeness (QED) is 0.148. The Labute approximate surface area is 234 Å². The molecule has 13 heteroatoms. The van der Waals surface area contributed by atoms with Crippen molar-refractivity contribution < 1.29 is 22.6 Å². The molecule has 8 nitrogen and oxygen atoms in total. The Bertz CT molecular complexity index is 1490. The summed E-state index contributed by atoms with van der Waals surface area (Å²) in [6, 6.07) is 4.83. The molecule has 216 valence electrons. The smallest absolute Gasteiger partial charge is 0.176 e. The van der Waals surface area contributed by atoms with E-state index in [4.69, 9.17) is 15.2 Å². The second-order valence-electron chi connectivity index (χ2n) is 12.3. The summed E-state index contributed by atoms with van der Waals surface area (Å²) in [4.78, 5) is 7.95. The SMILES string of the molecule is C[Si](C)(C)CCOCn1ccnc1-c1nn(COCC[Si](C)(C)C)c2c(F)c(-c3c(F)cnc(N)c3F)ccc12. The van der Waals surface area contributed by atoms with Crippen LogP contribution in [0.3, 0.4) is 0 Å². The molecule has 3 aromatic heterocycles. The lowest BCUT2D eigenvalue weighted by molar-refractivity contribution is 0.0812. The Kier molecular flexibility index (Phi) is 8.88. The molecule has 0 atom stereocenters. The number of hydrogen-bond acceptors (Lipinski definition) is 6. The van der Waals surface area contributed by atoms with E-state index in [1.54, 1.807) is 23.0 Å². The lowest BCUT2D eigenvalue weighted by Gasteiger charge is -2.16. The first-order valence-corrected chi connectivity index (χ1v) is 20.6. The number of benzene rings is 1. The lowest BCUT2D eigenvalue weighted by atomic mass is 10.0. The first-order chi connectivity index (χ1) is 18.8. The number of nitrogen functional groups attached to an aromatic ring is 1. The van der Waals surface area contributed by atoms with Crippen molar-refractivity contribution in [3.05, 3.63) is 48.2 Å². The molecule has 0 saturated carbocycles. The third kappa shape index (κ3) is 6.82. The van der Waals surface area contributed by atoms with Crippen LogP contribution in [0.1, 0.15) is 0 Å². The van der Waals surface area contributed by atoms with Crippen molar-refractivity contribution in [2.75, 3.05) is 18.9 Å². The minimum Gasteiger partial charge on any atom is -0.381 e. The van der Waals surface area contributed by atoms with Gasteiger partial charge in [-0.2, -0.15) is 5.10 Å². The first kappa shape index (κ1) is 30.0. The number of ether oxygens (including phenoxy) is 2. The van der Waals surface area contributed by atoms with Crippen LogP contribution in [0.15, 0.2) is 30.7 Å². The number of nitrogens with two attached hydrogens (primary N) is 1. The van der Waals surface area contributed by atoms with E-state index < -0.39 is 45.0 Å². The molecule has 0 fully saturated rings. The number of hydrogen-bond donors (Lipinski definition) is 1. The van der Waals surface area contributed by atoms with E-state index in [2.05, 4.69) is 54.3 Å². The molecule has 3 heterocycles. The van der Waals surface area contributed by atoms with Gasteiger partial charge in [0, 0.05) is 52.7 Å². The molecule has 0 amide bonds. The molecule has 0 aliphatic heterocycles. The highest BCUT2D eigenvalue weighted by Crippen LogP contribution is 2.37. The van der Waals surface area contributed by atoms with Crippen LogP contribution in [0, 0.1) is 17.5 Å². The normalized spacial score (nSPS) is 12.5. The fourth-order valence-electron chi connectivity index (χ4n) is 4.11. The molecule has 0 saturated heterocycles. The third-order valence-electron chi connectivity index (χ3n) is 6.48. The Morgan fingerprint density at radius 2 is 1.52 bits per heavy atom. The summed E-state index contributed by atoms with van der Waals surface area (Å²) >= 11 is 0. The van der Waals surface area contributed by atoms with Gasteiger partial charge in [0.2, 0.25) is 0 Å². The highest BCUT2D eigenvalue weighted by molar-refractivity contribution is 6.76. The Hall–Kier alpha value is -3.01. The summed E-state index contributed by atoms with van der Waals surface area (Å²) in [6.45, 7) is 14.9. The van der Waals surface area contributed by atoms with E-state index in [1.807, 2.05) is 0 Å². The van der Waals surface area contributed by atoms with Gasteiger partial charge in [-0.1, -0.05) is 45.3 Å². The number of anilines is 1. The molecular formula is C27H37F3N6O2Si2. The zero-order chi connectivity index (χ0) is 29.2. The van der Waals surface area contributed by atoms with Crippen molar-refractivity contribution in [2.24, 2.45) is 0 Å². The summed E-state index contributed by atoms with van der Waals surface area (Å²) in [6.07, 6.45) is 4.18. The maximum atomic E-state index is 16.2. The molecule has 1 aromatic carbocycles. The van der Waals surface area contributed by atoms with Crippen LogP contribution in [-0.2, 0) is 22.9 Å². The number of aromatic nitrogens is 5. The Morgan fingerprint density at radius 1 is 0.875 bits per heavy atom. The average Bonchev–Trinajstić information content (AvgIpc) is 3.47. The number of nitrogens with zero attached hydrogens (tertiary/aromatic N) is 5. The molecule has 4 aromatic rings. The monoisotopic (exact) mass is 590 g/mol. The Balaban J connectivity index is 1.76. The second kappa shape index (κ2) is 11.8. The van der Waals surface area contributed by atoms with Crippen LogP contribution >= 0.6 is 0 Å². The van der Waals surface area contributed by atoms with Crippen LogP contribution < -0.4 is 5.73 Å². The van der Waals surface area contributed by atoms with E-state index >= 15 is 4.39 Å². The standard InChI is InChI=1S/C27H37F3N6O2Si2/c1-39(2,3)13-11-37-16-35-10-9-32-27(35)24-19-8-7-18(21-20(28)15-33-26(31)23(21)30)22(29)25(19)36(34-24)17-38-12-14-40(4,5)6/h7-10,15H,11-14,16-17H2,1-6H3,(H2,31,33). The fraction of sp³-hybridized carbons (Fsp3) is 0.444. The van der Waals surface area contributed by atoms with Crippen molar-refractivity contribution in [1.82, 2.24) is 24.3 Å². The zero-order valence-corrected chi connectivity index (χ0v) is 25.9. The van der Waals surface area contributed by atoms with Gasteiger partial charge < -0.3 is 19.8 Å². The van der Waals surface area contributed by atoms with Crippen LogP contribution in [0.2, 0.25) is 51.4 Å². The summed E-state index contributed by atoms with van der Waals surface area (Å²) in [5.74, 6) is -3.03. The highest BCUT2D eigenvalue weighted by atomic mass is 28.3. The van der Waals surface area contributed by atoms with Crippen LogP contribution in [-0.4, -0.2) is 53.7 Å². The lowest BCUT2D eigenvalue weighted by Crippen LogP contribution is -2.22. The van der Waals surface area contributed by atoms with Gasteiger partial charge in [-0.15, -0.1) is 0 Å². The number of fused-ring (bicyclic) bond motifs is 1. The molecule has 40 heavy (non-hydrogen) atoms. The van der Waals surface area contributed by atoms with E-state index in [1.165, 1.54) is 10.7 Å². The van der Waals surface area contributed by atoms with Crippen molar-refractivity contribution in [2.45, 2.75) is 64.8 Å². The maximum absolute atomic E-state index is 16.2. The van der Waals surface area contributed by atoms with Gasteiger partial charge >= 0.3 is 0 Å². The average molecular weight is 591 g/mol. The van der Waals surface area contributed by atoms with Gasteiger partial charge in [0.25, 0.3) is 0 Å². The molecule has 0 spiro atoms. The topological polar surface area (TPSA) is 93.0 Å². The molecular weight excluding hydrogens is 554 g/mol. The molecule has 0 aliphatic carbocycles. The largest absolute Gasteiger partial charge is 0.381 e. The van der Waals surface area contributed by atoms with Gasteiger partial charge in [0.1, 0.15) is 24.7 Å². The van der Waals surface area contributed by atoms with Crippen LogP contribution in [0.4, 0.5) is 19.0 Å². The van der Waals surface area contributed by atoms with Gasteiger partial charge in [-0.3, -0.25) is 0 Å². The molecule has 0 bridgehead atoms. The van der Waals surface area contributed by atoms with Gasteiger partial charge in [0.05, 0.1) is 11.8 Å². The van der Waals surface area contributed by atoms with Crippen LogP contribution in [0.5, 0.6) is 0 Å². The predicted molar refractivity (Wildman–Crippen MR) is 157 cm³/mol. The van der Waals surface area contributed by atoms with Gasteiger partial charge in [0.15, 0.2) is 29.1 Å². The van der Waals surface area contributed by atoms with Crippen LogP contribution in [0.25, 0.3) is 33.5 Å². The second-order valence-corrected chi connectivity index (χ2v) is 23.5.